The van der Waals surface area contributed by atoms with Crippen LogP contribution >= 0.6 is 11.6 Å². The molecule has 0 spiro atoms. The van der Waals surface area contributed by atoms with Crippen LogP contribution in [0.25, 0.3) is 0 Å². The zero-order valence-corrected chi connectivity index (χ0v) is 13.3. The Kier molecular flexibility index (Phi) is 4.57. The summed E-state index contributed by atoms with van der Waals surface area (Å²) < 4.78 is 16.6. The fourth-order valence-corrected chi connectivity index (χ4v) is 2.33. The maximum Gasteiger partial charge on any atom is 0.265 e. The van der Waals surface area contributed by atoms with Gasteiger partial charge in [0.1, 0.15) is 19.0 Å². The van der Waals surface area contributed by atoms with Crippen molar-refractivity contribution in [2.24, 2.45) is 0 Å². The Hall–Kier alpha value is -2.40. The Morgan fingerprint density at radius 3 is 2.70 bits per heavy atom. The summed E-state index contributed by atoms with van der Waals surface area (Å²) in [4.78, 5) is 12.2. The molecule has 1 aliphatic heterocycles. The molecule has 6 heteroatoms. The van der Waals surface area contributed by atoms with Crippen LogP contribution in [0.15, 0.2) is 42.5 Å². The normalized spacial score (nSPS) is 14.0. The molecule has 2 aromatic rings. The molecule has 0 aliphatic carbocycles. The number of halogens is 1. The van der Waals surface area contributed by atoms with Gasteiger partial charge in [0.2, 0.25) is 0 Å². The number of carbonyl (C=O) groups is 1. The Labute approximate surface area is 139 Å². The lowest BCUT2D eigenvalue weighted by molar-refractivity contribution is -0.122. The lowest BCUT2D eigenvalue weighted by Crippen LogP contribution is -2.30. The highest BCUT2D eigenvalue weighted by molar-refractivity contribution is 6.33. The number of hydrogen-bond donors (Lipinski definition) is 1. The molecule has 3 rings (SSSR count). The van der Waals surface area contributed by atoms with Crippen LogP contribution in [0.3, 0.4) is 0 Å². The van der Waals surface area contributed by atoms with E-state index < -0.39 is 6.10 Å². The van der Waals surface area contributed by atoms with E-state index in [1.54, 1.807) is 49.4 Å². The summed E-state index contributed by atoms with van der Waals surface area (Å²) in [5, 5.41) is 3.22. The number of nitrogens with one attached hydrogen (secondary N) is 1. The molecule has 23 heavy (non-hydrogen) atoms. The zero-order chi connectivity index (χ0) is 16.2. The van der Waals surface area contributed by atoms with E-state index in [0.717, 1.165) is 0 Å². The number of fused-ring (bicyclic) bond motifs is 1. The van der Waals surface area contributed by atoms with Crippen LogP contribution in [0, 0.1) is 0 Å². The van der Waals surface area contributed by atoms with Crippen LogP contribution in [0.5, 0.6) is 17.2 Å². The number of benzene rings is 2. The second kappa shape index (κ2) is 6.79. The van der Waals surface area contributed by atoms with E-state index in [4.69, 9.17) is 25.8 Å². The van der Waals surface area contributed by atoms with Gasteiger partial charge >= 0.3 is 0 Å². The van der Waals surface area contributed by atoms with Crippen molar-refractivity contribution in [1.29, 1.82) is 0 Å². The van der Waals surface area contributed by atoms with Gasteiger partial charge in [0, 0.05) is 6.07 Å². The zero-order valence-electron chi connectivity index (χ0n) is 12.5. The van der Waals surface area contributed by atoms with Crippen LogP contribution in [0.1, 0.15) is 6.92 Å². The number of amides is 1. The predicted molar refractivity (Wildman–Crippen MR) is 87.6 cm³/mol. The Morgan fingerprint density at radius 2 is 1.91 bits per heavy atom. The molecule has 1 heterocycles. The molecular weight excluding hydrogens is 318 g/mol. The van der Waals surface area contributed by atoms with Gasteiger partial charge < -0.3 is 19.5 Å². The van der Waals surface area contributed by atoms with Crippen molar-refractivity contribution < 1.29 is 19.0 Å². The first-order valence-electron chi connectivity index (χ1n) is 7.25. The Morgan fingerprint density at radius 1 is 1.17 bits per heavy atom. The minimum Gasteiger partial charge on any atom is -0.486 e. The third-order valence-electron chi connectivity index (χ3n) is 3.33. The molecule has 0 saturated heterocycles. The Bertz CT molecular complexity index is 719. The van der Waals surface area contributed by atoms with Gasteiger partial charge in [-0.05, 0) is 31.2 Å². The lowest BCUT2D eigenvalue weighted by Gasteiger charge is -2.20. The van der Waals surface area contributed by atoms with Crippen molar-refractivity contribution >= 4 is 23.2 Å². The summed E-state index contributed by atoms with van der Waals surface area (Å²) in [7, 11) is 0. The van der Waals surface area contributed by atoms with Crippen LogP contribution in [0.4, 0.5) is 5.69 Å². The van der Waals surface area contributed by atoms with Crippen molar-refractivity contribution in [2.75, 3.05) is 18.5 Å². The maximum atomic E-state index is 12.2. The first-order chi connectivity index (χ1) is 11.1. The quantitative estimate of drug-likeness (QED) is 0.930. The topological polar surface area (TPSA) is 56.8 Å². The van der Waals surface area contributed by atoms with Crippen molar-refractivity contribution in [1.82, 2.24) is 0 Å². The maximum absolute atomic E-state index is 12.2. The van der Waals surface area contributed by atoms with Gasteiger partial charge in [0.25, 0.3) is 5.91 Å². The molecule has 0 aromatic heterocycles. The van der Waals surface area contributed by atoms with Gasteiger partial charge in [0.05, 0.1) is 10.7 Å². The second-order valence-electron chi connectivity index (χ2n) is 5.03. The van der Waals surface area contributed by atoms with Crippen LogP contribution in [-0.4, -0.2) is 25.2 Å². The number of anilines is 1. The summed E-state index contributed by atoms with van der Waals surface area (Å²) in [5.41, 5.74) is 0.553. The smallest absolute Gasteiger partial charge is 0.265 e. The van der Waals surface area contributed by atoms with Crippen molar-refractivity contribution in [3.8, 4) is 17.2 Å². The summed E-state index contributed by atoms with van der Waals surface area (Å²) in [6.07, 6.45) is -0.686. The van der Waals surface area contributed by atoms with Crippen LogP contribution in [0.2, 0.25) is 5.02 Å². The highest BCUT2D eigenvalue weighted by atomic mass is 35.5. The number of para-hydroxylation sites is 1. The second-order valence-corrected chi connectivity index (χ2v) is 5.44. The van der Waals surface area contributed by atoms with Gasteiger partial charge in [-0.2, -0.15) is 0 Å². The van der Waals surface area contributed by atoms with Crippen molar-refractivity contribution in [2.45, 2.75) is 13.0 Å². The molecule has 1 atom stereocenters. The van der Waals surface area contributed by atoms with Gasteiger partial charge in [-0.25, -0.2) is 0 Å². The van der Waals surface area contributed by atoms with E-state index in [-0.39, 0.29) is 5.91 Å². The first-order valence-corrected chi connectivity index (χ1v) is 7.63. The SMILES string of the molecule is CC(Oc1ccc2c(c1)OCCO2)C(=O)Nc1ccccc1Cl. The highest BCUT2D eigenvalue weighted by Crippen LogP contribution is 2.34. The van der Waals surface area contributed by atoms with E-state index >= 15 is 0 Å². The molecule has 0 saturated carbocycles. The van der Waals surface area contributed by atoms with Gasteiger partial charge in [-0.1, -0.05) is 23.7 Å². The third-order valence-corrected chi connectivity index (χ3v) is 3.66. The fourth-order valence-electron chi connectivity index (χ4n) is 2.15. The standard InChI is InChI=1S/C17H16ClNO4/c1-11(17(20)19-14-5-3-2-4-13(14)18)23-12-6-7-15-16(10-12)22-9-8-21-15/h2-7,10-11H,8-9H2,1H3,(H,19,20). The van der Waals surface area contributed by atoms with Gasteiger partial charge in [0.15, 0.2) is 17.6 Å². The number of ether oxygens (including phenoxy) is 3. The number of carbonyl (C=O) groups excluding carboxylic acids is 1. The molecule has 1 unspecified atom stereocenters. The molecule has 0 fully saturated rings. The van der Waals surface area contributed by atoms with Crippen molar-refractivity contribution in [3.05, 3.63) is 47.5 Å². The average molecular weight is 334 g/mol. The number of hydrogen-bond acceptors (Lipinski definition) is 4. The lowest BCUT2D eigenvalue weighted by atomic mass is 10.2. The molecule has 1 N–H and O–H groups in total. The summed E-state index contributed by atoms with van der Waals surface area (Å²) in [6.45, 7) is 2.70. The summed E-state index contributed by atoms with van der Waals surface area (Å²) in [6, 6.07) is 12.3. The largest absolute Gasteiger partial charge is 0.486 e. The molecule has 120 valence electrons. The van der Waals surface area contributed by atoms with Gasteiger partial charge in [-0.3, -0.25) is 4.79 Å². The van der Waals surface area contributed by atoms with Crippen LogP contribution < -0.4 is 19.5 Å². The summed E-state index contributed by atoms with van der Waals surface area (Å²) >= 11 is 6.03. The molecule has 2 aromatic carbocycles. The number of rotatable bonds is 4. The highest BCUT2D eigenvalue weighted by Gasteiger charge is 2.18. The van der Waals surface area contributed by atoms with Gasteiger partial charge in [-0.15, -0.1) is 0 Å². The van der Waals surface area contributed by atoms with E-state index in [1.165, 1.54) is 0 Å². The van der Waals surface area contributed by atoms with Crippen LogP contribution in [-0.2, 0) is 4.79 Å². The predicted octanol–water partition coefficient (Wildman–Crippen LogP) is 3.52. The minimum atomic E-state index is -0.686. The fraction of sp³-hybridized carbons (Fsp3) is 0.235. The minimum absolute atomic E-state index is 0.284. The van der Waals surface area contributed by atoms with E-state index in [2.05, 4.69) is 5.32 Å². The van der Waals surface area contributed by atoms with E-state index in [1.807, 2.05) is 0 Å². The molecule has 0 radical (unpaired) electrons. The molecule has 5 nitrogen and oxygen atoms in total. The summed E-state index contributed by atoms with van der Waals surface area (Å²) in [5.74, 6) is 1.55. The van der Waals surface area contributed by atoms with E-state index in [0.29, 0.717) is 41.2 Å². The first kappa shape index (κ1) is 15.5. The third kappa shape index (κ3) is 3.68. The molecular formula is C17H16ClNO4. The molecule has 1 aliphatic rings. The van der Waals surface area contributed by atoms with Crippen molar-refractivity contribution in [3.63, 3.8) is 0 Å². The average Bonchev–Trinajstić information content (AvgIpc) is 2.56. The van der Waals surface area contributed by atoms with E-state index in [9.17, 15) is 4.79 Å². The molecule has 1 amide bonds. The monoisotopic (exact) mass is 333 g/mol. The Balaban J connectivity index is 1.65. The molecule has 0 bridgehead atoms.